The smallest absolute Gasteiger partial charge is 0.309 e. The van der Waals surface area contributed by atoms with Crippen molar-refractivity contribution in [1.82, 2.24) is 15.3 Å². The Hall–Kier alpha value is -3.25. The fraction of sp³-hybridized carbons (Fsp3) is 0.370. The molecule has 6 nitrogen and oxygen atoms in total. The minimum absolute atomic E-state index is 0.220. The number of pyridine rings is 2. The first-order valence-electron chi connectivity index (χ1n) is 11.6. The Balaban J connectivity index is 1.39. The van der Waals surface area contributed by atoms with E-state index < -0.39 is 11.4 Å². The van der Waals surface area contributed by atoms with E-state index in [9.17, 15) is 9.90 Å². The normalized spacial score (nSPS) is 16.5. The predicted octanol–water partition coefficient (Wildman–Crippen LogP) is 4.29. The van der Waals surface area contributed by atoms with Gasteiger partial charge < -0.3 is 15.7 Å². The van der Waals surface area contributed by atoms with Crippen LogP contribution in [-0.2, 0) is 24.1 Å². The van der Waals surface area contributed by atoms with Gasteiger partial charge in [-0.15, -0.1) is 0 Å². The number of fused-ring (bicyclic) bond motifs is 1. The predicted molar refractivity (Wildman–Crippen MR) is 130 cm³/mol. The molecule has 0 unspecified atom stereocenters. The van der Waals surface area contributed by atoms with Crippen molar-refractivity contribution in [1.29, 1.82) is 0 Å². The third-order valence-corrected chi connectivity index (χ3v) is 6.40. The number of carbonyl (C=O) groups is 1. The first kappa shape index (κ1) is 22.9. The summed E-state index contributed by atoms with van der Waals surface area (Å²) in [5.41, 5.74) is 4.67. The minimum Gasteiger partial charge on any atom is -0.481 e. The fourth-order valence-electron chi connectivity index (χ4n) is 4.38. The maximum absolute atomic E-state index is 11.4. The van der Waals surface area contributed by atoms with Crippen molar-refractivity contribution < 1.29 is 9.90 Å². The van der Waals surface area contributed by atoms with Crippen molar-refractivity contribution in [3.63, 3.8) is 0 Å². The molecule has 6 heteroatoms. The van der Waals surface area contributed by atoms with Crippen molar-refractivity contribution in [3.8, 4) is 0 Å². The van der Waals surface area contributed by atoms with Gasteiger partial charge in [0.2, 0.25) is 0 Å². The zero-order valence-electron chi connectivity index (χ0n) is 19.3. The highest BCUT2D eigenvalue weighted by Crippen LogP contribution is 2.31. The highest BCUT2D eigenvalue weighted by Gasteiger charge is 2.29. The molecule has 0 amide bonds. The summed E-state index contributed by atoms with van der Waals surface area (Å²) in [6, 6.07) is 18.9. The van der Waals surface area contributed by atoms with Crippen molar-refractivity contribution in [3.05, 3.63) is 89.5 Å². The Morgan fingerprint density at radius 3 is 2.70 bits per heavy atom. The lowest BCUT2D eigenvalue weighted by atomic mass is 9.86. The summed E-state index contributed by atoms with van der Waals surface area (Å²) in [5, 5.41) is 16.7. The molecule has 0 bridgehead atoms. The monoisotopic (exact) mass is 444 g/mol. The van der Waals surface area contributed by atoms with Crippen molar-refractivity contribution in [2.45, 2.75) is 39.2 Å². The molecule has 1 aliphatic heterocycles. The van der Waals surface area contributed by atoms with Crippen LogP contribution in [0, 0.1) is 11.3 Å². The molecule has 0 radical (unpaired) electrons. The van der Waals surface area contributed by atoms with Gasteiger partial charge in [0.05, 0.1) is 16.8 Å². The van der Waals surface area contributed by atoms with Crippen LogP contribution in [0.1, 0.15) is 42.4 Å². The average molecular weight is 445 g/mol. The molecule has 3 N–H and O–H groups in total. The van der Waals surface area contributed by atoms with Gasteiger partial charge in [-0.25, -0.2) is 0 Å². The van der Waals surface area contributed by atoms with Gasteiger partial charge in [-0.1, -0.05) is 36.4 Å². The topological polar surface area (TPSA) is 87.1 Å². The second-order valence-corrected chi connectivity index (χ2v) is 9.46. The number of nitrogens with zero attached hydrogens (tertiary/aromatic N) is 2. The molecule has 172 valence electrons. The molecule has 4 rings (SSSR count). The third-order valence-electron chi connectivity index (χ3n) is 6.40. The van der Waals surface area contributed by atoms with E-state index >= 15 is 0 Å². The molecule has 0 saturated heterocycles. The summed E-state index contributed by atoms with van der Waals surface area (Å²) in [7, 11) is 0. The first-order chi connectivity index (χ1) is 15.9. The maximum atomic E-state index is 11.4. The Kier molecular flexibility index (Phi) is 7.04. The second kappa shape index (κ2) is 10.1. The van der Waals surface area contributed by atoms with Crippen molar-refractivity contribution in [2.75, 3.05) is 18.4 Å². The second-order valence-electron chi connectivity index (χ2n) is 9.46. The van der Waals surface area contributed by atoms with Crippen LogP contribution >= 0.6 is 0 Å². The number of carboxylic acid groups (broad SMARTS) is 1. The molecule has 0 spiro atoms. The lowest BCUT2D eigenvalue weighted by Gasteiger charge is -2.33. The molecule has 2 atom stereocenters. The number of nitrogens with one attached hydrogen (secondary N) is 2. The van der Waals surface area contributed by atoms with Gasteiger partial charge in [0, 0.05) is 43.0 Å². The molecule has 0 fully saturated rings. The van der Waals surface area contributed by atoms with Crippen LogP contribution in [0.2, 0.25) is 0 Å². The zero-order chi connectivity index (χ0) is 23.3. The van der Waals surface area contributed by atoms with Crippen LogP contribution in [0.15, 0.2) is 67.0 Å². The van der Waals surface area contributed by atoms with E-state index in [-0.39, 0.29) is 6.04 Å². The van der Waals surface area contributed by atoms with E-state index in [1.807, 2.05) is 24.5 Å². The summed E-state index contributed by atoms with van der Waals surface area (Å²) >= 11 is 0. The van der Waals surface area contributed by atoms with Gasteiger partial charge in [-0.2, -0.15) is 0 Å². The Labute approximate surface area is 195 Å². The van der Waals surface area contributed by atoms with E-state index in [1.54, 1.807) is 13.8 Å². The van der Waals surface area contributed by atoms with Crippen LogP contribution in [0.4, 0.5) is 5.69 Å². The van der Waals surface area contributed by atoms with Gasteiger partial charge in [0.15, 0.2) is 0 Å². The number of benzene rings is 1. The van der Waals surface area contributed by atoms with Crippen LogP contribution < -0.4 is 10.6 Å². The molecule has 1 aromatic carbocycles. The molecular weight excluding hydrogens is 412 g/mol. The number of rotatable bonds is 9. The lowest BCUT2D eigenvalue weighted by molar-refractivity contribution is -0.146. The Morgan fingerprint density at radius 2 is 1.97 bits per heavy atom. The van der Waals surface area contributed by atoms with Crippen LogP contribution in [0.5, 0.6) is 0 Å². The molecule has 3 heterocycles. The van der Waals surface area contributed by atoms with Crippen LogP contribution in [0.3, 0.4) is 0 Å². The van der Waals surface area contributed by atoms with E-state index in [4.69, 9.17) is 0 Å². The van der Waals surface area contributed by atoms with Crippen molar-refractivity contribution >= 4 is 11.7 Å². The summed E-state index contributed by atoms with van der Waals surface area (Å²) < 4.78 is 0. The summed E-state index contributed by atoms with van der Waals surface area (Å²) in [5.74, 6) is -0.409. The standard InChI is InChI=1S/C27H32N4O2/c1-27(2,26(32)33)16-22-11-10-19(17-30-22)12-14-29-25(20-7-4-3-5-8-20)21-15-24-23(31-18-21)9-6-13-28-24/h3-11,13,17,21,25,29,31H,12,14-16,18H2,1-2H3,(H,32,33)/t21-,25-/m1/s1. The first-order valence-corrected chi connectivity index (χ1v) is 11.6. The number of carboxylic acids is 1. The largest absolute Gasteiger partial charge is 0.481 e. The lowest BCUT2D eigenvalue weighted by Crippen LogP contribution is -2.37. The van der Waals surface area contributed by atoms with Gasteiger partial charge in [0.1, 0.15) is 0 Å². The zero-order valence-corrected chi connectivity index (χ0v) is 19.3. The molecular formula is C27H32N4O2. The molecule has 0 saturated carbocycles. The number of aromatic nitrogens is 2. The summed E-state index contributed by atoms with van der Waals surface area (Å²) in [6.07, 6.45) is 5.94. The number of aliphatic carboxylic acids is 1. The quantitative estimate of drug-likeness (QED) is 0.456. The van der Waals surface area contributed by atoms with E-state index in [1.165, 1.54) is 5.56 Å². The molecule has 2 aromatic heterocycles. The van der Waals surface area contributed by atoms with Crippen LogP contribution in [-0.4, -0.2) is 34.1 Å². The van der Waals surface area contributed by atoms with E-state index in [0.717, 1.165) is 48.6 Å². The highest BCUT2D eigenvalue weighted by molar-refractivity contribution is 5.73. The summed E-state index contributed by atoms with van der Waals surface area (Å²) in [4.78, 5) is 20.5. The fourth-order valence-corrected chi connectivity index (χ4v) is 4.38. The third kappa shape index (κ3) is 5.76. The Morgan fingerprint density at radius 1 is 1.15 bits per heavy atom. The molecule has 1 aliphatic rings. The molecule has 3 aromatic rings. The van der Waals surface area contributed by atoms with Gasteiger partial charge in [-0.3, -0.25) is 14.8 Å². The summed E-state index contributed by atoms with van der Waals surface area (Å²) in [6.45, 7) is 5.19. The molecule has 33 heavy (non-hydrogen) atoms. The maximum Gasteiger partial charge on any atom is 0.309 e. The average Bonchev–Trinajstić information content (AvgIpc) is 2.83. The van der Waals surface area contributed by atoms with Gasteiger partial charge in [-0.05, 0) is 62.6 Å². The van der Waals surface area contributed by atoms with Crippen molar-refractivity contribution in [2.24, 2.45) is 11.3 Å². The van der Waals surface area contributed by atoms with Crippen LogP contribution in [0.25, 0.3) is 0 Å². The van der Waals surface area contributed by atoms with E-state index in [0.29, 0.717) is 12.3 Å². The SMILES string of the molecule is CC(C)(Cc1ccc(CCN[C@H](c2ccccc2)[C@H]2CNc3cccnc3C2)cn1)C(=O)O. The van der Waals surface area contributed by atoms with Gasteiger partial charge >= 0.3 is 5.97 Å². The Bertz CT molecular complexity index is 1070. The van der Waals surface area contributed by atoms with Gasteiger partial charge in [0.25, 0.3) is 0 Å². The highest BCUT2D eigenvalue weighted by atomic mass is 16.4. The van der Waals surface area contributed by atoms with E-state index in [2.05, 4.69) is 63.1 Å². The number of hydrogen-bond donors (Lipinski definition) is 3. The number of hydrogen-bond acceptors (Lipinski definition) is 5. The minimum atomic E-state index is -0.819. The number of anilines is 1. The molecule has 0 aliphatic carbocycles.